The van der Waals surface area contributed by atoms with E-state index in [1.165, 1.54) is 23.0 Å². The zero-order valence-corrected chi connectivity index (χ0v) is 16.7. The highest BCUT2D eigenvalue weighted by Crippen LogP contribution is 2.36. The minimum Gasteiger partial charge on any atom is -0.495 e. The van der Waals surface area contributed by atoms with Crippen molar-refractivity contribution in [3.05, 3.63) is 76.3 Å². The van der Waals surface area contributed by atoms with Crippen LogP contribution >= 0.6 is 0 Å². The van der Waals surface area contributed by atoms with Crippen molar-refractivity contribution < 1.29 is 13.9 Å². The number of nitrogens with zero attached hydrogens (tertiary/aromatic N) is 3. The molecule has 0 aliphatic heterocycles. The standard InChI is InChI=1S/C22H17N5O4/c1-12-15(11-23-27(12)20-7-8-21(28)26-25-20)22(29)24-16-10-18-14(9-19(16)30-2)13-5-3-4-6-17(13)31-18/h3-11H,1-2H3,(H,24,29)(H,26,28). The Morgan fingerprint density at radius 2 is 1.97 bits per heavy atom. The van der Waals surface area contributed by atoms with Crippen molar-refractivity contribution in [1.82, 2.24) is 20.0 Å². The number of carbonyl (C=O) groups excluding carboxylic acids is 1. The first kappa shape index (κ1) is 18.6. The molecule has 154 valence electrons. The molecule has 0 radical (unpaired) electrons. The summed E-state index contributed by atoms with van der Waals surface area (Å²) in [7, 11) is 1.55. The number of rotatable bonds is 4. The third-order valence-electron chi connectivity index (χ3n) is 5.08. The molecule has 5 rings (SSSR count). The molecule has 3 heterocycles. The minimum atomic E-state index is -0.359. The van der Waals surface area contributed by atoms with E-state index in [1.54, 1.807) is 20.1 Å². The first-order valence-electron chi connectivity index (χ1n) is 9.46. The van der Waals surface area contributed by atoms with E-state index >= 15 is 0 Å². The van der Waals surface area contributed by atoms with Crippen molar-refractivity contribution in [2.45, 2.75) is 6.92 Å². The van der Waals surface area contributed by atoms with Crippen LogP contribution in [-0.2, 0) is 0 Å². The molecule has 0 unspecified atom stereocenters. The quantitative estimate of drug-likeness (QED) is 0.465. The first-order valence-corrected chi connectivity index (χ1v) is 9.46. The van der Waals surface area contributed by atoms with Gasteiger partial charge in [0.25, 0.3) is 11.5 Å². The highest BCUT2D eigenvalue weighted by molar-refractivity contribution is 6.10. The molecular formula is C22H17N5O4. The predicted octanol–water partition coefficient (Wildman–Crippen LogP) is 3.42. The minimum absolute atomic E-state index is 0.320. The molecule has 0 spiro atoms. The molecule has 0 saturated carbocycles. The van der Waals surface area contributed by atoms with Crippen LogP contribution in [-0.4, -0.2) is 33.0 Å². The topological polar surface area (TPSA) is 115 Å². The van der Waals surface area contributed by atoms with Gasteiger partial charge in [0.05, 0.1) is 30.3 Å². The molecule has 0 bridgehead atoms. The van der Waals surface area contributed by atoms with Crippen LogP contribution in [0.2, 0.25) is 0 Å². The van der Waals surface area contributed by atoms with Crippen LogP contribution in [0.15, 0.2) is 63.9 Å². The maximum Gasteiger partial charge on any atom is 0.264 e. The Bertz CT molecular complexity index is 1490. The van der Waals surface area contributed by atoms with E-state index in [0.29, 0.717) is 34.1 Å². The lowest BCUT2D eigenvalue weighted by atomic mass is 10.1. The van der Waals surface area contributed by atoms with Crippen molar-refractivity contribution >= 4 is 33.5 Å². The van der Waals surface area contributed by atoms with Crippen LogP contribution in [0.25, 0.3) is 27.8 Å². The fourth-order valence-electron chi connectivity index (χ4n) is 3.53. The van der Waals surface area contributed by atoms with Crippen LogP contribution in [0.3, 0.4) is 0 Å². The Kier molecular flexibility index (Phi) is 4.28. The molecule has 5 aromatic rings. The number of H-pyrrole nitrogens is 1. The number of carbonyl (C=O) groups is 1. The summed E-state index contributed by atoms with van der Waals surface area (Å²) >= 11 is 0. The summed E-state index contributed by atoms with van der Waals surface area (Å²) in [5.74, 6) is 0.555. The molecule has 1 amide bonds. The maximum absolute atomic E-state index is 13.0. The average molecular weight is 415 g/mol. The van der Waals surface area contributed by atoms with Crippen molar-refractivity contribution in [2.24, 2.45) is 0 Å². The number of hydrogen-bond donors (Lipinski definition) is 2. The number of fused-ring (bicyclic) bond motifs is 3. The molecule has 0 atom stereocenters. The Morgan fingerprint density at radius 1 is 1.13 bits per heavy atom. The zero-order valence-electron chi connectivity index (χ0n) is 16.7. The third kappa shape index (κ3) is 3.12. The Labute approximate surface area is 175 Å². The summed E-state index contributed by atoms with van der Waals surface area (Å²) < 4.78 is 12.9. The second-order valence-corrected chi connectivity index (χ2v) is 6.94. The van der Waals surface area contributed by atoms with Crippen LogP contribution in [0.5, 0.6) is 5.75 Å². The number of methoxy groups -OCH3 is 1. The normalized spacial score (nSPS) is 11.2. The van der Waals surface area contributed by atoms with E-state index < -0.39 is 0 Å². The number of ether oxygens (including phenoxy) is 1. The van der Waals surface area contributed by atoms with Gasteiger partial charge in [-0.3, -0.25) is 9.59 Å². The summed E-state index contributed by atoms with van der Waals surface area (Å²) in [4.78, 5) is 24.2. The number of benzene rings is 2. The average Bonchev–Trinajstić information content (AvgIpc) is 3.33. The third-order valence-corrected chi connectivity index (χ3v) is 5.08. The molecule has 31 heavy (non-hydrogen) atoms. The summed E-state index contributed by atoms with van der Waals surface area (Å²) in [6, 6.07) is 14.2. The van der Waals surface area contributed by atoms with Gasteiger partial charge in [0.1, 0.15) is 16.9 Å². The lowest BCUT2D eigenvalue weighted by molar-refractivity contribution is 0.102. The number of furan rings is 1. The Balaban J connectivity index is 1.51. The van der Waals surface area contributed by atoms with Gasteiger partial charge in [0.15, 0.2) is 5.82 Å². The number of anilines is 1. The highest BCUT2D eigenvalue weighted by atomic mass is 16.5. The van der Waals surface area contributed by atoms with Crippen LogP contribution < -0.4 is 15.6 Å². The van der Waals surface area contributed by atoms with Gasteiger partial charge in [-0.2, -0.15) is 10.2 Å². The van der Waals surface area contributed by atoms with Gasteiger partial charge in [0, 0.05) is 22.9 Å². The van der Waals surface area contributed by atoms with E-state index in [9.17, 15) is 9.59 Å². The van der Waals surface area contributed by atoms with E-state index in [1.807, 2.05) is 30.3 Å². The second-order valence-electron chi connectivity index (χ2n) is 6.94. The molecule has 9 heteroatoms. The molecule has 3 aromatic heterocycles. The lowest BCUT2D eigenvalue weighted by Crippen LogP contribution is -2.14. The van der Waals surface area contributed by atoms with E-state index in [-0.39, 0.29) is 11.5 Å². The number of hydrogen-bond acceptors (Lipinski definition) is 6. The number of amides is 1. The van der Waals surface area contributed by atoms with Crippen molar-refractivity contribution in [3.8, 4) is 11.6 Å². The largest absolute Gasteiger partial charge is 0.495 e. The molecule has 2 N–H and O–H groups in total. The molecule has 9 nitrogen and oxygen atoms in total. The monoisotopic (exact) mass is 415 g/mol. The zero-order chi connectivity index (χ0) is 21.5. The molecule has 0 fully saturated rings. The fourth-order valence-corrected chi connectivity index (χ4v) is 3.53. The van der Waals surface area contributed by atoms with E-state index in [4.69, 9.17) is 9.15 Å². The first-order chi connectivity index (χ1) is 15.0. The second kappa shape index (κ2) is 7.13. The summed E-state index contributed by atoms with van der Waals surface area (Å²) in [6.45, 7) is 1.74. The van der Waals surface area contributed by atoms with Gasteiger partial charge in [-0.05, 0) is 25.1 Å². The van der Waals surface area contributed by atoms with Crippen molar-refractivity contribution in [2.75, 3.05) is 12.4 Å². The van der Waals surface area contributed by atoms with Gasteiger partial charge < -0.3 is 14.5 Å². The SMILES string of the molecule is COc1cc2c(cc1NC(=O)c1cnn(-c3ccc(=O)[nH]n3)c1C)oc1ccccc12. The van der Waals surface area contributed by atoms with Gasteiger partial charge in [-0.25, -0.2) is 9.78 Å². The smallest absolute Gasteiger partial charge is 0.264 e. The predicted molar refractivity (Wildman–Crippen MR) is 115 cm³/mol. The number of aromatic nitrogens is 4. The van der Waals surface area contributed by atoms with Crippen LogP contribution in [0.4, 0.5) is 5.69 Å². The molecule has 0 aliphatic rings. The fraction of sp³-hybridized carbons (Fsp3) is 0.0909. The lowest BCUT2D eigenvalue weighted by Gasteiger charge is -2.10. The van der Waals surface area contributed by atoms with Gasteiger partial charge in [-0.1, -0.05) is 18.2 Å². The Hall–Kier alpha value is -4.40. The van der Waals surface area contributed by atoms with E-state index in [0.717, 1.165) is 16.4 Å². The van der Waals surface area contributed by atoms with Crippen molar-refractivity contribution in [1.29, 1.82) is 0 Å². The summed E-state index contributed by atoms with van der Waals surface area (Å²) in [5, 5.41) is 15.3. The highest BCUT2D eigenvalue weighted by Gasteiger charge is 2.19. The number of nitrogens with one attached hydrogen (secondary N) is 2. The van der Waals surface area contributed by atoms with Gasteiger partial charge in [-0.15, -0.1) is 0 Å². The Morgan fingerprint density at radius 3 is 2.74 bits per heavy atom. The number of aromatic amines is 1. The van der Waals surface area contributed by atoms with Gasteiger partial charge >= 0.3 is 0 Å². The summed E-state index contributed by atoms with van der Waals surface area (Å²) in [5.41, 5.74) is 2.49. The molecule has 0 aliphatic carbocycles. The van der Waals surface area contributed by atoms with Crippen molar-refractivity contribution in [3.63, 3.8) is 0 Å². The van der Waals surface area contributed by atoms with Gasteiger partial charge in [0.2, 0.25) is 0 Å². The van der Waals surface area contributed by atoms with Crippen LogP contribution in [0.1, 0.15) is 16.1 Å². The molecule has 0 saturated heterocycles. The van der Waals surface area contributed by atoms with E-state index in [2.05, 4.69) is 20.6 Å². The molecular weight excluding hydrogens is 398 g/mol. The molecule has 2 aromatic carbocycles. The van der Waals surface area contributed by atoms with Crippen LogP contribution in [0, 0.1) is 6.92 Å². The summed E-state index contributed by atoms with van der Waals surface area (Å²) in [6.07, 6.45) is 1.45. The maximum atomic E-state index is 13.0. The number of para-hydroxylation sites is 1.